The molecule has 0 radical (unpaired) electrons. The van der Waals surface area contributed by atoms with Gasteiger partial charge in [0, 0.05) is 12.8 Å². The quantitative estimate of drug-likeness (QED) is 0.0161. The van der Waals surface area contributed by atoms with Gasteiger partial charge >= 0.3 is 5.97 Å². The molecule has 10 heteroatoms. The van der Waals surface area contributed by atoms with E-state index in [1.54, 1.807) is 0 Å². The molecule has 0 saturated carbocycles. The molecule has 3 atom stereocenters. The largest absolute Gasteiger partial charge is 0.756 e. The number of nitrogens with zero attached hydrogens (tertiary/aromatic N) is 1. The molecule has 0 heterocycles. The van der Waals surface area contributed by atoms with Crippen LogP contribution in [0.1, 0.15) is 207 Å². The van der Waals surface area contributed by atoms with E-state index in [4.69, 9.17) is 13.8 Å². The number of phosphoric ester groups is 1. The lowest BCUT2D eigenvalue weighted by atomic mass is 10.1. The Hall–Kier alpha value is -3.33. The smallest absolute Gasteiger partial charge is 0.306 e. The average Bonchev–Trinajstić information content (AvgIpc) is 3.32. The average molecular weight is 995 g/mol. The number of esters is 1. The fourth-order valence-corrected chi connectivity index (χ4v) is 7.97. The number of hydrogen-bond donors (Lipinski definition) is 1. The molecule has 0 aliphatic rings. The number of ether oxygens (including phenoxy) is 1. The van der Waals surface area contributed by atoms with E-state index >= 15 is 0 Å². The highest BCUT2D eigenvalue weighted by molar-refractivity contribution is 7.45. The molecule has 0 aromatic carbocycles. The first kappa shape index (κ1) is 66.7. The molecule has 0 fully saturated rings. The minimum absolute atomic E-state index is 0.0386. The number of carbonyl (C=O) groups excluding carboxylic acids is 2. The van der Waals surface area contributed by atoms with E-state index in [1.165, 1.54) is 51.4 Å². The first-order valence-corrected chi connectivity index (χ1v) is 29.2. The van der Waals surface area contributed by atoms with E-state index in [0.717, 1.165) is 109 Å². The van der Waals surface area contributed by atoms with Crippen molar-refractivity contribution < 1.29 is 37.3 Å². The Kier molecular flexibility index (Phi) is 46.9. The molecule has 0 saturated heterocycles. The van der Waals surface area contributed by atoms with Gasteiger partial charge in [0.2, 0.25) is 5.91 Å². The van der Waals surface area contributed by atoms with Gasteiger partial charge in [0.05, 0.1) is 33.8 Å². The molecule has 1 amide bonds. The third-order valence-corrected chi connectivity index (χ3v) is 12.5. The van der Waals surface area contributed by atoms with Crippen molar-refractivity contribution in [2.45, 2.75) is 219 Å². The molecule has 0 aliphatic carbocycles. The van der Waals surface area contributed by atoms with Gasteiger partial charge in [0.15, 0.2) is 0 Å². The first-order chi connectivity index (χ1) is 33.9. The Morgan fingerprint density at radius 2 is 0.986 bits per heavy atom. The van der Waals surface area contributed by atoms with Crippen molar-refractivity contribution in [2.24, 2.45) is 0 Å². The van der Waals surface area contributed by atoms with Crippen LogP contribution in [0.2, 0.25) is 0 Å². The molecule has 70 heavy (non-hydrogen) atoms. The highest BCUT2D eigenvalue weighted by Gasteiger charge is 2.27. The SMILES string of the molecule is CC/C=C\C/C=C\C/C=C\C/C=C\C/C=C\CCCCCC(=O)NC(COP(=O)([O-])OCC[N+](C)(C)C)C(/C=C\CCCCCCCCCCCC)OC(=O)CCCCCCC\C=C/C=C/C=C/CC. The maximum Gasteiger partial charge on any atom is 0.306 e. The second-order valence-corrected chi connectivity index (χ2v) is 20.8. The van der Waals surface area contributed by atoms with Crippen molar-refractivity contribution in [1.29, 1.82) is 0 Å². The van der Waals surface area contributed by atoms with E-state index in [-0.39, 0.29) is 31.3 Å². The minimum Gasteiger partial charge on any atom is -0.756 e. The highest BCUT2D eigenvalue weighted by atomic mass is 31.2. The van der Waals surface area contributed by atoms with E-state index in [0.29, 0.717) is 23.9 Å². The molecule has 400 valence electrons. The van der Waals surface area contributed by atoms with Gasteiger partial charge in [-0.25, -0.2) is 0 Å². The van der Waals surface area contributed by atoms with Crippen LogP contribution in [-0.2, 0) is 27.9 Å². The van der Waals surface area contributed by atoms with Crippen LogP contribution < -0.4 is 10.2 Å². The molecule has 0 aromatic rings. The summed E-state index contributed by atoms with van der Waals surface area (Å²) in [5, 5.41) is 2.99. The second-order valence-electron chi connectivity index (χ2n) is 19.4. The summed E-state index contributed by atoms with van der Waals surface area (Å²) in [6.45, 7) is 6.52. The summed E-state index contributed by atoms with van der Waals surface area (Å²) in [7, 11) is 1.13. The van der Waals surface area contributed by atoms with Gasteiger partial charge in [-0.1, -0.05) is 208 Å². The third-order valence-electron chi connectivity index (χ3n) is 11.5. The lowest BCUT2D eigenvalue weighted by Crippen LogP contribution is -2.47. The monoisotopic (exact) mass is 995 g/mol. The Labute approximate surface area is 430 Å². The highest BCUT2D eigenvalue weighted by Crippen LogP contribution is 2.38. The zero-order chi connectivity index (χ0) is 51.5. The molecule has 0 bridgehead atoms. The van der Waals surface area contributed by atoms with Gasteiger partial charge in [-0.15, -0.1) is 0 Å². The van der Waals surface area contributed by atoms with E-state index < -0.39 is 26.6 Å². The molecule has 0 aliphatic heterocycles. The number of amides is 1. The molecule has 9 nitrogen and oxygen atoms in total. The normalized spacial score (nSPS) is 14.7. The summed E-state index contributed by atoms with van der Waals surface area (Å²) >= 11 is 0. The maximum absolute atomic E-state index is 13.5. The summed E-state index contributed by atoms with van der Waals surface area (Å²) in [6, 6.07) is -0.920. The second kappa shape index (κ2) is 49.3. The molecule has 3 unspecified atom stereocenters. The summed E-state index contributed by atoms with van der Waals surface area (Å²) in [4.78, 5) is 39.8. The van der Waals surface area contributed by atoms with Gasteiger partial charge in [0.1, 0.15) is 19.3 Å². The number of likely N-dealkylation sites (N-methyl/N-ethyl adjacent to an activating group) is 1. The Morgan fingerprint density at radius 1 is 0.529 bits per heavy atom. The zero-order valence-corrected chi connectivity index (χ0v) is 46.3. The van der Waals surface area contributed by atoms with Crippen LogP contribution >= 0.6 is 7.82 Å². The Balaban J connectivity index is 5.46. The number of quaternary nitrogens is 1. The molecular weight excluding hydrogens is 892 g/mol. The summed E-state index contributed by atoms with van der Waals surface area (Å²) in [5.74, 6) is -0.613. The lowest BCUT2D eigenvalue weighted by Gasteiger charge is -2.30. The summed E-state index contributed by atoms with van der Waals surface area (Å²) < 4.78 is 30.1. The lowest BCUT2D eigenvalue weighted by molar-refractivity contribution is -0.870. The predicted octanol–water partition coefficient (Wildman–Crippen LogP) is 16.0. The molecule has 0 spiro atoms. The van der Waals surface area contributed by atoms with Crippen molar-refractivity contribution in [3.05, 3.63) is 109 Å². The van der Waals surface area contributed by atoms with Crippen LogP contribution in [0.5, 0.6) is 0 Å². The summed E-state index contributed by atoms with van der Waals surface area (Å²) in [5.41, 5.74) is 0. The Bertz CT molecular complexity index is 1570. The predicted molar refractivity (Wildman–Crippen MR) is 297 cm³/mol. The van der Waals surface area contributed by atoms with Gasteiger partial charge in [-0.3, -0.25) is 14.2 Å². The van der Waals surface area contributed by atoms with Crippen LogP contribution in [0.3, 0.4) is 0 Å². The van der Waals surface area contributed by atoms with Crippen LogP contribution in [0, 0.1) is 0 Å². The Morgan fingerprint density at radius 3 is 1.54 bits per heavy atom. The van der Waals surface area contributed by atoms with Crippen molar-refractivity contribution >= 4 is 19.7 Å². The number of hydrogen-bond acceptors (Lipinski definition) is 7. The first-order valence-electron chi connectivity index (χ1n) is 27.7. The topological polar surface area (TPSA) is 114 Å². The van der Waals surface area contributed by atoms with Crippen LogP contribution in [0.15, 0.2) is 109 Å². The number of unbranched alkanes of at least 4 members (excludes halogenated alkanes) is 18. The molecule has 0 rings (SSSR count). The van der Waals surface area contributed by atoms with E-state index in [1.807, 2.05) is 39.4 Å². The maximum atomic E-state index is 13.5. The van der Waals surface area contributed by atoms with Gasteiger partial charge in [-0.05, 0) is 96.0 Å². The van der Waals surface area contributed by atoms with Crippen LogP contribution in [0.4, 0.5) is 0 Å². The molecular formula is C60H103N2O7P. The van der Waals surface area contributed by atoms with Crippen LogP contribution in [0.25, 0.3) is 0 Å². The number of phosphoric acid groups is 1. The standard InChI is InChI=1S/C60H103N2O7P/c1-7-10-13-16-19-22-25-28-29-30-31-32-33-35-37-40-43-46-49-52-59(63)61-57(56-68-70(65,66)67-55-54-62(4,5)6)58(51-48-45-42-39-36-27-24-21-18-15-12-9-3)69-60(64)53-50-47-44-41-38-34-26-23-20-17-14-11-8-2/h10-11,13-14,17,19-20,22-23,26,28-29,31-32,35,37,48,51,57-58H,7-9,12,15-16,18,21,24-25,27,30,33-34,36,38-47,49-50,52-56H2,1-6H3,(H-,61,63,65,66)/b13-10-,14-11+,20-17+,22-19-,26-23-,29-28-,32-31-,37-35-,51-48-. The molecule has 1 N–H and O–H groups in total. The summed E-state index contributed by atoms with van der Waals surface area (Å²) in [6.07, 6.45) is 66.3. The number of rotatable bonds is 48. The van der Waals surface area contributed by atoms with Gasteiger partial charge < -0.3 is 28.5 Å². The van der Waals surface area contributed by atoms with Crippen LogP contribution in [-0.4, -0.2) is 69.4 Å². The fraction of sp³-hybridized carbons (Fsp3) is 0.667. The van der Waals surface area contributed by atoms with Crippen molar-refractivity contribution in [1.82, 2.24) is 5.32 Å². The number of carbonyl (C=O) groups is 2. The number of allylic oxidation sites excluding steroid dienone is 17. The van der Waals surface area contributed by atoms with Crippen molar-refractivity contribution in [3.63, 3.8) is 0 Å². The van der Waals surface area contributed by atoms with Gasteiger partial charge in [0.25, 0.3) is 7.82 Å². The van der Waals surface area contributed by atoms with Gasteiger partial charge in [-0.2, -0.15) is 0 Å². The van der Waals surface area contributed by atoms with Crippen molar-refractivity contribution in [3.8, 4) is 0 Å². The molecule has 0 aromatic heterocycles. The third kappa shape index (κ3) is 49.6. The van der Waals surface area contributed by atoms with Crippen molar-refractivity contribution in [2.75, 3.05) is 40.9 Å². The van der Waals surface area contributed by atoms with E-state index in [9.17, 15) is 19.0 Å². The number of nitrogens with one attached hydrogen (secondary N) is 1. The minimum atomic E-state index is -4.71. The zero-order valence-electron chi connectivity index (χ0n) is 45.4. The van der Waals surface area contributed by atoms with E-state index in [2.05, 4.69) is 117 Å². The fourth-order valence-electron chi connectivity index (χ4n) is 7.25.